The van der Waals surface area contributed by atoms with Crippen LogP contribution in [0.15, 0.2) is 11.4 Å². The van der Waals surface area contributed by atoms with Gasteiger partial charge in [0.15, 0.2) is 5.82 Å². The second kappa shape index (κ2) is 7.54. The molecular weight excluding hydrogens is 393 g/mol. The topological polar surface area (TPSA) is 37.8 Å². The Morgan fingerprint density at radius 3 is 2.67 bits per heavy atom. The molecule has 0 spiro atoms. The van der Waals surface area contributed by atoms with Crippen LogP contribution in [-0.4, -0.2) is 16.5 Å². The normalized spacial score (nSPS) is 11.1. The standard InChI is InChI=1S/C16H22IN3S/c1-5-7-18-15-13(17)12(9-10(2)3)19-16(20-15)14-11(4)6-8-21-14/h6,8,10H,5,7,9H2,1-4H3,(H,18,19,20). The van der Waals surface area contributed by atoms with Gasteiger partial charge in [-0.15, -0.1) is 11.3 Å². The van der Waals surface area contributed by atoms with Crippen molar-refractivity contribution in [1.29, 1.82) is 0 Å². The first kappa shape index (κ1) is 16.7. The molecule has 0 aliphatic heterocycles. The van der Waals surface area contributed by atoms with Gasteiger partial charge in [-0.2, -0.15) is 0 Å². The van der Waals surface area contributed by atoms with Crippen LogP contribution in [0.25, 0.3) is 10.7 Å². The highest BCUT2D eigenvalue weighted by Crippen LogP contribution is 2.30. The van der Waals surface area contributed by atoms with E-state index in [1.165, 1.54) is 10.4 Å². The van der Waals surface area contributed by atoms with Gasteiger partial charge in [-0.1, -0.05) is 20.8 Å². The minimum atomic E-state index is 0.588. The summed E-state index contributed by atoms with van der Waals surface area (Å²) in [6, 6.07) is 2.13. The molecular formula is C16H22IN3S. The second-order valence-corrected chi connectivity index (χ2v) is 7.61. The summed E-state index contributed by atoms with van der Waals surface area (Å²) in [5.74, 6) is 2.42. The van der Waals surface area contributed by atoms with Crippen LogP contribution in [0.1, 0.15) is 38.4 Å². The lowest BCUT2D eigenvalue weighted by atomic mass is 10.1. The molecule has 0 saturated carbocycles. The van der Waals surface area contributed by atoms with Crippen molar-refractivity contribution in [2.75, 3.05) is 11.9 Å². The van der Waals surface area contributed by atoms with Gasteiger partial charge in [-0.05, 0) is 65.3 Å². The van der Waals surface area contributed by atoms with Crippen molar-refractivity contribution in [3.05, 3.63) is 26.3 Å². The number of thiophene rings is 1. The molecule has 5 heteroatoms. The Hall–Kier alpha value is -0.690. The third-order valence-electron chi connectivity index (χ3n) is 3.13. The predicted molar refractivity (Wildman–Crippen MR) is 100 cm³/mol. The SMILES string of the molecule is CCCNc1nc(-c2sccc2C)nc(CC(C)C)c1I. The van der Waals surface area contributed by atoms with Crippen molar-refractivity contribution in [2.45, 2.75) is 40.5 Å². The molecule has 3 nitrogen and oxygen atoms in total. The first-order valence-corrected chi connectivity index (χ1v) is 9.33. The first-order chi connectivity index (χ1) is 10.0. The number of aromatic nitrogens is 2. The van der Waals surface area contributed by atoms with E-state index in [0.29, 0.717) is 5.92 Å². The van der Waals surface area contributed by atoms with Crippen molar-refractivity contribution >= 4 is 39.7 Å². The van der Waals surface area contributed by atoms with Gasteiger partial charge in [0.05, 0.1) is 14.1 Å². The fourth-order valence-electron chi connectivity index (χ4n) is 2.08. The minimum Gasteiger partial charge on any atom is -0.369 e. The fourth-order valence-corrected chi connectivity index (χ4v) is 3.59. The molecule has 0 atom stereocenters. The van der Waals surface area contributed by atoms with Crippen LogP contribution in [0.3, 0.4) is 0 Å². The monoisotopic (exact) mass is 415 g/mol. The van der Waals surface area contributed by atoms with Crippen LogP contribution in [0, 0.1) is 16.4 Å². The largest absolute Gasteiger partial charge is 0.369 e. The van der Waals surface area contributed by atoms with Crippen molar-refractivity contribution in [3.8, 4) is 10.7 Å². The van der Waals surface area contributed by atoms with Gasteiger partial charge in [-0.25, -0.2) is 9.97 Å². The number of nitrogens with zero attached hydrogens (tertiary/aromatic N) is 2. The van der Waals surface area contributed by atoms with Crippen LogP contribution in [0.2, 0.25) is 0 Å². The molecule has 0 aromatic carbocycles. The molecule has 0 saturated heterocycles. The Kier molecular flexibility index (Phi) is 5.98. The molecule has 0 aliphatic carbocycles. The number of halogens is 1. The van der Waals surface area contributed by atoms with E-state index in [4.69, 9.17) is 9.97 Å². The zero-order valence-corrected chi connectivity index (χ0v) is 16.0. The molecule has 0 unspecified atom stereocenters. The summed E-state index contributed by atoms with van der Waals surface area (Å²) in [6.45, 7) is 9.69. The molecule has 21 heavy (non-hydrogen) atoms. The first-order valence-electron chi connectivity index (χ1n) is 7.37. The number of aryl methyl sites for hydroxylation is 1. The minimum absolute atomic E-state index is 0.588. The van der Waals surface area contributed by atoms with Gasteiger partial charge in [0.2, 0.25) is 0 Å². The molecule has 2 aromatic rings. The Labute approximate surface area is 144 Å². The van der Waals surface area contributed by atoms with Gasteiger partial charge in [0, 0.05) is 6.54 Å². The van der Waals surface area contributed by atoms with Crippen LogP contribution in [0.4, 0.5) is 5.82 Å². The van der Waals surface area contributed by atoms with Gasteiger partial charge in [0.1, 0.15) is 5.82 Å². The Balaban J connectivity index is 2.47. The maximum absolute atomic E-state index is 4.84. The number of hydrogen-bond acceptors (Lipinski definition) is 4. The highest BCUT2D eigenvalue weighted by Gasteiger charge is 2.16. The Morgan fingerprint density at radius 1 is 1.33 bits per heavy atom. The zero-order chi connectivity index (χ0) is 15.4. The van der Waals surface area contributed by atoms with E-state index in [2.05, 4.69) is 67.0 Å². The third-order valence-corrected chi connectivity index (χ3v) is 5.27. The van der Waals surface area contributed by atoms with Crippen LogP contribution in [0.5, 0.6) is 0 Å². The molecule has 1 N–H and O–H groups in total. The van der Waals surface area contributed by atoms with E-state index in [1.54, 1.807) is 11.3 Å². The third kappa shape index (κ3) is 4.16. The average Bonchev–Trinajstić information content (AvgIpc) is 2.85. The summed E-state index contributed by atoms with van der Waals surface area (Å²) in [4.78, 5) is 10.8. The van der Waals surface area contributed by atoms with Gasteiger partial charge >= 0.3 is 0 Å². The van der Waals surface area contributed by atoms with E-state index in [9.17, 15) is 0 Å². The Morgan fingerprint density at radius 2 is 2.10 bits per heavy atom. The lowest BCUT2D eigenvalue weighted by Gasteiger charge is -2.14. The quantitative estimate of drug-likeness (QED) is 0.664. The fraction of sp³-hybridized carbons (Fsp3) is 0.500. The predicted octanol–water partition coefficient (Wildman–Crippen LogP) is 5.14. The molecule has 114 valence electrons. The molecule has 0 amide bonds. The van der Waals surface area contributed by atoms with Crippen LogP contribution in [-0.2, 0) is 6.42 Å². The Bertz CT molecular complexity index is 608. The number of hydrogen-bond donors (Lipinski definition) is 1. The highest BCUT2D eigenvalue weighted by atomic mass is 127. The van der Waals surface area contributed by atoms with E-state index in [1.807, 2.05) is 0 Å². The summed E-state index contributed by atoms with van der Waals surface area (Å²) in [7, 11) is 0. The van der Waals surface area contributed by atoms with E-state index in [0.717, 1.165) is 40.3 Å². The zero-order valence-electron chi connectivity index (χ0n) is 13.0. The molecule has 0 fully saturated rings. The van der Waals surface area contributed by atoms with Crippen molar-refractivity contribution < 1.29 is 0 Å². The molecule has 2 aromatic heterocycles. The summed E-state index contributed by atoms with van der Waals surface area (Å²) in [5, 5.41) is 5.55. The van der Waals surface area contributed by atoms with Gasteiger partial charge in [-0.3, -0.25) is 0 Å². The lowest BCUT2D eigenvalue weighted by Crippen LogP contribution is -2.10. The molecule has 0 aliphatic rings. The van der Waals surface area contributed by atoms with E-state index < -0.39 is 0 Å². The van der Waals surface area contributed by atoms with Crippen molar-refractivity contribution in [2.24, 2.45) is 5.92 Å². The van der Waals surface area contributed by atoms with E-state index >= 15 is 0 Å². The summed E-state index contributed by atoms with van der Waals surface area (Å²) >= 11 is 4.09. The summed E-state index contributed by atoms with van der Waals surface area (Å²) < 4.78 is 1.16. The maximum Gasteiger partial charge on any atom is 0.172 e. The summed E-state index contributed by atoms with van der Waals surface area (Å²) in [6.07, 6.45) is 2.08. The smallest absolute Gasteiger partial charge is 0.172 e. The van der Waals surface area contributed by atoms with Crippen LogP contribution >= 0.6 is 33.9 Å². The number of nitrogens with one attached hydrogen (secondary N) is 1. The maximum atomic E-state index is 4.84. The molecule has 0 radical (unpaired) electrons. The lowest BCUT2D eigenvalue weighted by molar-refractivity contribution is 0.632. The van der Waals surface area contributed by atoms with E-state index in [-0.39, 0.29) is 0 Å². The highest BCUT2D eigenvalue weighted by molar-refractivity contribution is 14.1. The number of rotatable bonds is 6. The summed E-state index contributed by atoms with van der Waals surface area (Å²) in [5.41, 5.74) is 2.40. The molecule has 0 bridgehead atoms. The number of anilines is 1. The van der Waals surface area contributed by atoms with Crippen molar-refractivity contribution in [3.63, 3.8) is 0 Å². The average molecular weight is 415 g/mol. The van der Waals surface area contributed by atoms with Gasteiger partial charge < -0.3 is 5.32 Å². The second-order valence-electron chi connectivity index (χ2n) is 5.61. The van der Waals surface area contributed by atoms with Crippen molar-refractivity contribution in [1.82, 2.24) is 9.97 Å². The van der Waals surface area contributed by atoms with Gasteiger partial charge in [0.25, 0.3) is 0 Å². The molecule has 2 heterocycles. The molecule has 2 rings (SSSR count). The van der Waals surface area contributed by atoms with Crippen LogP contribution < -0.4 is 5.32 Å².